The zero-order valence-corrected chi connectivity index (χ0v) is 12.6. The quantitative estimate of drug-likeness (QED) is 0.769. The average Bonchev–Trinajstić information content (AvgIpc) is 3.18. The van der Waals surface area contributed by atoms with Gasteiger partial charge in [0.2, 0.25) is 0 Å². The molecule has 2 heterocycles. The van der Waals surface area contributed by atoms with Crippen LogP contribution in [0.2, 0.25) is 0 Å². The fourth-order valence-corrected chi connectivity index (χ4v) is 2.29. The Kier molecular flexibility index (Phi) is 5.23. The Morgan fingerprint density at radius 1 is 1.43 bits per heavy atom. The molecular formula is C17H16N2OS. The van der Waals surface area contributed by atoms with E-state index in [2.05, 4.69) is 11.7 Å². The van der Waals surface area contributed by atoms with Crippen LogP contribution in [0.25, 0.3) is 6.08 Å². The second kappa shape index (κ2) is 7.36. The van der Waals surface area contributed by atoms with Crippen molar-refractivity contribution in [2.24, 2.45) is 0 Å². The van der Waals surface area contributed by atoms with Crippen LogP contribution in [0.5, 0.6) is 0 Å². The molecular weight excluding hydrogens is 280 g/mol. The molecule has 2 aromatic rings. The zero-order valence-electron chi connectivity index (χ0n) is 11.8. The van der Waals surface area contributed by atoms with Gasteiger partial charge in [0, 0.05) is 6.20 Å². The molecule has 0 spiro atoms. The van der Waals surface area contributed by atoms with E-state index in [1.807, 2.05) is 48.8 Å². The van der Waals surface area contributed by atoms with E-state index < -0.39 is 0 Å². The first-order valence-electron chi connectivity index (χ1n) is 6.52. The molecule has 0 aliphatic carbocycles. The number of hydrogen-bond donors (Lipinski definition) is 0. The number of rotatable bonds is 5. The van der Waals surface area contributed by atoms with Crippen LogP contribution in [-0.2, 0) is 0 Å². The molecule has 2 rings (SSSR count). The predicted octanol–water partition coefficient (Wildman–Crippen LogP) is 4.33. The summed E-state index contributed by atoms with van der Waals surface area (Å²) in [4.78, 5) is 12.8. The lowest BCUT2D eigenvalue weighted by Crippen LogP contribution is -2.10. The van der Waals surface area contributed by atoms with Crippen molar-refractivity contribution in [3.8, 4) is 0 Å². The Balaban J connectivity index is 2.13. The molecule has 0 unspecified atom stereocenters. The maximum atomic E-state index is 12.1. The molecule has 3 nitrogen and oxygen atoms in total. The van der Waals surface area contributed by atoms with Gasteiger partial charge in [-0.3, -0.25) is 4.79 Å². The first-order chi connectivity index (χ1) is 10.2. The third kappa shape index (κ3) is 4.00. The minimum Gasteiger partial charge on any atom is -0.266 e. The predicted molar refractivity (Wildman–Crippen MR) is 88.4 cm³/mol. The highest BCUT2D eigenvalue weighted by atomic mass is 32.1. The molecule has 0 N–H and O–H groups in total. The highest BCUT2D eigenvalue weighted by molar-refractivity contribution is 7.12. The molecule has 0 saturated carbocycles. The fraction of sp³-hybridized carbons (Fsp3) is 0.0588. The Labute approximate surface area is 128 Å². The van der Waals surface area contributed by atoms with Crippen molar-refractivity contribution in [1.29, 1.82) is 0 Å². The Bertz CT molecular complexity index is 703. The van der Waals surface area contributed by atoms with Crippen LogP contribution in [0.15, 0.2) is 72.3 Å². The van der Waals surface area contributed by atoms with Crippen molar-refractivity contribution < 1.29 is 4.79 Å². The maximum Gasteiger partial charge on any atom is 0.288 e. The van der Waals surface area contributed by atoms with Crippen LogP contribution in [-0.4, -0.2) is 15.7 Å². The number of nitrogens with zero attached hydrogens (tertiary/aromatic N) is 2. The largest absolute Gasteiger partial charge is 0.288 e. The van der Waals surface area contributed by atoms with Gasteiger partial charge in [-0.25, -0.2) is 4.68 Å². The van der Waals surface area contributed by atoms with Crippen molar-refractivity contribution in [3.05, 3.63) is 82.9 Å². The smallest absolute Gasteiger partial charge is 0.266 e. The summed E-state index contributed by atoms with van der Waals surface area (Å²) in [6, 6.07) is 5.45. The number of carbonyl (C=O) groups is 1. The van der Waals surface area contributed by atoms with Gasteiger partial charge in [-0.05, 0) is 36.1 Å². The van der Waals surface area contributed by atoms with E-state index in [-0.39, 0.29) is 5.91 Å². The van der Waals surface area contributed by atoms with E-state index in [0.29, 0.717) is 4.88 Å². The standard InChI is InChI=1S/C17H16N2OS/c1-3-5-7-14(4-2)9-10-15-11-12-19(18-15)17(20)16-8-6-13-21-16/h3-13H,2H2,1H3. The van der Waals surface area contributed by atoms with Crippen molar-refractivity contribution in [3.63, 3.8) is 0 Å². The van der Waals surface area contributed by atoms with Crippen LogP contribution in [0.1, 0.15) is 22.3 Å². The lowest BCUT2D eigenvalue weighted by molar-refractivity contribution is 0.0949. The molecule has 0 aliphatic rings. The van der Waals surface area contributed by atoms with E-state index in [1.54, 1.807) is 24.4 Å². The van der Waals surface area contributed by atoms with E-state index in [4.69, 9.17) is 0 Å². The van der Waals surface area contributed by atoms with Gasteiger partial charge >= 0.3 is 0 Å². The van der Waals surface area contributed by atoms with E-state index >= 15 is 0 Å². The van der Waals surface area contributed by atoms with Gasteiger partial charge in [-0.1, -0.05) is 43.0 Å². The molecule has 0 aliphatic heterocycles. The second-order valence-corrected chi connectivity index (χ2v) is 5.15. The summed E-state index contributed by atoms with van der Waals surface area (Å²) in [5.41, 5.74) is 1.71. The molecule has 0 bridgehead atoms. The third-order valence-electron chi connectivity index (χ3n) is 2.71. The number of thiophene rings is 1. The van der Waals surface area contributed by atoms with E-state index in [1.165, 1.54) is 16.0 Å². The normalized spacial score (nSPS) is 12.3. The van der Waals surface area contributed by atoms with Crippen LogP contribution >= 0.6 is 11.3 Å². The van der Waals surface area contributed by atoms with Gasteiger partial charge in [0.15, 0.2) is 0 Å². The molecule has 4 heteroatoms. The topological polar surface area (TPSA) is 34.9 Å². The molecule has 21 heavy (non-hydrogen) atoms. The van der Waals surface area contributed by atoms with Gasteiger partial charge in [0.1, 0.15) is 0 Å². The van der Waals surface area contributed by atoms with Crippen molar-refractivity contribution >= 4 is 23.3 Å². The van der Waals surface area contributed by atoms with Gasteiger partial charge < -0.3 is 0 Å². The van der Waals surface area contributed by atoms with E-state index in [9.17, 15) is 4.79 Å². The summed E-state index contributed by atoms with van der Waals surface area (Å²) in [6.45, 7) is 5.72. The molecule has 0 atom stereocenters. The molecule has 0 aromatic carbocycles. The van der Waals surface area contributed by atoms with Gasteiger partial charge in [0.25, 0.3) is 5.91 Å². The Morgan fingerprint density at radius 3 is 2.95 bits per heavy atom. The first-order valence-corrected chi connectivity index (χ1v) is 7.40. The summed E-state index contributed by atoms with van der Waals surface area (Å²) >= 11 is 1.41. The van der Waals surface area contributed by atoms with Crippen LogP contribution in [0, 0.1) is 0 Å². The first kappa shape index (κ1) is 14.9. The molecule has 2 aromatic heterocycles. The minimum atomic E-state index is -0.113. The Hall–Kier alpha value is -2.46. The van der Waals surface area contributed by atoms with Crippen LogP contribution < -0.4 is 0 Å². The van der Waals surface area contributed by atoms with Crippen molar-refractivity contribution in [2.75, 3.05) is 0 Å². The maximum absolute atomic E-state index is 12.1. The van der Waals surface area contributed by atoms with Crippen LogP contribution in [0.4, 0.5) is 0 Å². The second-order valence-electron chi connectivity index (χ2n) is 4.20. The van der Waals surface area contributed by atoms with E-state index in [0.717, 1.165) is 11.3 Å². The van der Waals surface area contributed by atoms with Crippen LogP contribution in [0.3, 0.4) is 0 Å². The third-order valence-corrected chi connectivity index (χ3v) is 3.57. The SMILES string of the molecule is C=CC(C=Cc1ccn(C(=O)c2cccs2)n1)=CC=CC. The lowest BCUT2D eigenvalue weighted by atomic mass is 10.2. The van der Waals surface area contributed by atoms with Gasteiger partial charge in [-0.15, -0.1) is 11.3 Å². The summed E-state index contributed by atoms with van der Waals surface area (Å²) < 4.78 is 1.36. The monoisotopic (exact) mass is 296 g/mol. The number of aromatic nitrogens is 2. The average molecular weight is 296 g/mol. The highest BCUT2D eigenvalue weighted by Crippen LogP contribution is 2.11. The summed E-state index contributed by atoms with van der Waals surface area (Å²) in [7, 11) is 0. The van der Waals surface area contributed by atoms with Gasteiger partial charge in [0.05, 0.1) is 10.6 Å². The number of allylic oxidation sites excluding steroid dienone is 6. The summed E-state index contributed by atoms with van der Waals surface area (Å²) in [5.74, 6) is -0.113. The van der Waals surface area contributed by atoms with Crippen molar-refractivity contribution in [1.82, 2.24) is 9.78 Å². The molecule has 0 radical (unpaired) electrons. The highest BCUT2D eigenvalue weighted by Gasteiger charge is 2.09. The zero-order chi connectivity index (χ0) is 15.1. The number of hydrogen-bond acceptors (Lipinski definition) is 3. The number of carbonyl (C=O) groups excluding carboxylic acids is 1. The molecule has 0 amide bonds. The van der Waals surface area contributed by atoms with Gasteiger partial charge in [-0.2, -0.15) is 5.10 Å². The summed E-state index contributed by atoms with van der Waals surface area (Å²) in [5, 5.41) is 6.14. The van der Waals surface area contributed by atoms with Crippen molar-refractivity contribution in [2.45, 2.75) is 6.92 Å². The molecule has 0 saturated heterocycles. The Morgan fingerprint density at radius 2 is 2.29 bits per heavy atom. The lowest BCUT2D eigenvalue weighted by Gasteiger charge is -1.95. The molecule has 0 fully saturated rings. The fourth-order valence-electron chi connectivity index (χ4n) is 1.63. The minimum absolute atomic E-state index is 0.113. The molecule has 106 valence electrons. The summed E-state index contributed by atoms with van der Waals surface area (Å²) in [6.07, 6.45) is 13.1.